The van der Waals surface area contributed by atoms with Gasteiger partial charge in [0, 0.05) is 23.7 Å². The molecule has 2 aromatic rings. The molecule has 192 valence electrons. The molecule has 0 saturated carbocycles. The number of hydrogen-bond acceptors (Lipinski definition) is 6. The largest absolute Gasteiger partial charge is 0.497 e. The predicted molar refractivity (Wildman–Crippen MR) is 136 cm³/mol. The van der Waals surface area contributed by atoms with Crippen molar-refractivity contribution >= 4 is 39.1 Å². The van der Waals surface area contributed by atoms with Crippen LogP contribution in [0.3, 0.4) is 0 Å². The second kappa shape index (κ2) is 12.1. The number of sulfonamides is 1. The number of methoxy groups -OCH3 is 2. The number of halogens is 1. The normalized spacial score (nSPS) is 12.1. The minimum atomic E-state index is -3.92. The summed E-state index contributed by atoms with van der Waals surface area (Å²) in [5.41, 5.74) is 0.880. The maximum absolute atomic E-state index is 13.6. The van der Waals surface area contributed by atoms with Gasteiger partial charge < -0.3 is 19.7 Å². The molecule has 1 N–H and O–H groups in total. The van der Waals surface area contributed by atoms with Gasteiger partial charge in [-0.1, -0.05) is 23.7 Å². The summed E-state index contributed by atoms with van der Waals surface area (Å²) in [7, 11) is -1.06. The van der Waals surface area contributed by atoms with Gasteiger partial charge in [-0.05, 0) is 50.6 Å². The maximum atomic E-state index is 13.6. The Hall–Kier alpha value is -2.98. The Morgan fingerprint density at radius 2 is 1.66 bits per heavy atom. The third-order valence-corrected chi connectivity index (χ3v) is 6.58. The molecule has 0 aliphatic rings. The summed E-state index contributed by atoms with van der Waals surface area (Å²) < 4.78 is 37.0. The first kappa shape index (κ1) is 28.3. The van der Waals surface area contributed by atoms with E-state index in [9.17, 15) is 18.0 Å². The lowest BCUT2D eigenvalue weighted by molar-refractivity contribution is -0.139. The molecule has 2 rings (SSSR count). The van der Waals surface area contributed by atoms with Gasteiger partial charge in [0.15, 0.2) is 0 Å². The summed E-state index contributed by atoms with van der Waals surface area (Å²) >= 11 is 5.98. The van der Waals surface area contributed by atoms with Crippen LogP contribution in [0.2, 0.25) is 5.02 Å². The molecule has 1 atom stereocenters. The Morgan fingerprint density at radius 1 is 1.03 bits per heavy atom. The maximum Gasteiger partial charge on any atom is 0.244 e. The van der Waals surface area contributed by atoms with Gasteiger partial charge in [0.05, 0.1) is 26.2 Å². The van der Waals surface area contributed by atoms with E-state index >= 15 is 0 Å². The average Bonchev–Trinajstić information content (AvgIpc) is 2.79. The van der Waals surface area contributed by atoms with Crippen LogP contribution in [0, 0.1) is 0 Å². The monoisotopic (exact) mass is 525 g/mol. The summed E-state index contributed by atoms with van der Waals surface area (Å²) in [6, 6.07) is 10.5. The van der Waals surface area contributed by atoms with E-state index < -0.39 is 28.5 Å². The van der Waals surface area contributed by atoms with E-state index in [2.05, 4.69) is 5.32 Å². The van der Waals surface area contributed by atoms with Gasteiger partial charge in [0.2, 0.25) is 21.8 Å². The summed E-state index contributed by atoms with van der Waals surface area (Å²) in [6.07, 6.45) is 0.998. The quantitative estimate of drug-likeness (QED) is 0.483. The molecule has 2 amide bonds. The molecule has 0 aliphatic heterocycles. The number of hydrogen-bond donors (Lipinski definition) is 1. The summed E-state index contributed by atoms with van der Waals surface area (Å²) in [5, 5.41) is 3.33. The van der Waals surface area contributed by atoms with E-state index in [1.165, 1.54) is 25.2 Å². The molecule has 0 spiro atoms. The fourth-order valence-electron chi connectivity index (χ4n) is 3.36. The number of nitrogens with one attached hydrogen (secondary N) is 1. The van der Waals surface area contributed by atoms with E-state index in [1.54, 1.807) is 43.3 Å². The molecule has 9 nitrogen and oxygen atoms in total. The van der Waals surface area contributed by atoms with Gasteiger partial charge in [-0.25, -0.2) is 8.42 Å². The highest BCUT2D eigenvalue weighted by atomic mass is 35.5. The molecule has 0 aromatic heterocycles. The first-order valence-corrected chi connectivity index (χ1v) is 13.1. The van der Waals surface area contributed by atoms with Crippen molar-refractivity contribution < 1.29 is 27.5 Å². The van der Waals surface area contributed by atoms with Crippen molar-refractivity contribution in [2.45, 2.75) is 39.4 Å². The second-order valence-electron chi connectivity index (χ2n) is 8.29. The molecule has 0 saturated heterocycles. The van der Waals surface area contributed by atoms with Gasteiger partial charge >= 0.3 is 0 Å². The van der Waals surface area contributed by atoms with Crippen LogP contribution in [-0.2, 0) is 26.2 Å². The fourth-order valence-corrected chi connectivity index (χ4v) is 4.33. The van der Waals surface area contributed by atoms with Crippen LogP contribution in [0.1, 0.15) is 26.3 Å². The van der Waals surface area contributed by atoms with Crippen molar-refractivity contribution in [1.82, 2.24) is 10.2 Å². The Morgan fingerprint density at radius 3 is 2.17 bits per heavy atom. The first-order valence-electron chi connectivity index (χ1n) is 10.9. The van der Waals surface area contributed by atoms with Gasteiger partial charge in [-0.15, -0.1) is 0 Å². The van der Waals surface area contributed by atoms with Crippen molar-refractivity contribution in [2.75, 3.05) is 31.3 Å². The molecule has 11 heteroatoms. The lowest BCUT2D eigenvalue weighted by atomic mass is 10.1. The van der Waals surface area contributed by atoms with Gasteiger partial charge in [0.25, 0.3) is 0 Å². The van der Waals surface area contributed by atoms with Gasteiger partial charge in [-0.2, -0.15) is 0 Å². The van der Waals surface area contributed by atoms with Crippen molar-refractivity contribution in [3.05, 3.63) is 53.1 Å². The van der Waals surface area contributed by atoms with Gasteiger partial charge in [0.1, 0.15) is 24.1 Å². The van der Waals surface area contributed by atoms with Crippen LogP contribution in [0.4, 0.5) is 5.69 Å². The molecule has 0 bridgehead atoms. The number of amides is 2. The lowest BCUT2D eigenvalue weighted by Crippen LogP contribution is -2.52. The van der Waals surface area contributed by atoms with Crippen LogP contribution >= 0.6 is 11.6 Å². The minimum absolute atomic E-state index is 0.0789. The van der Waals surface area contributed by atoms with Crippen LogP contribution in [0.25, 0.3) is 0 Å². The molecule has 35 heavy (non-hydrogen) atoms. The lowest BCUT2D eigenvalue weighted by Gasteiger charge is -2.32. The Bertz CT molecular complexity index is 1140. The molecule has 2 aromatic carbocycles. The SMILES string of the molecule is COc1ccc(OC)c(N(CC(=O)N(Cc2ccc(Cl)cc2)[C@H](C)C(=O)NC(C)C)S(C)(=O)=O)c1. The molecule has 0 aliphatic carbocycles. The highest BCUT2D eigenvalue weighted by molar-refractivity contribution is 7.92. The van der Waals surface area contributed by atoms with Crippen LogP contribution in [-0.4, -0.2) is 64.2 Å². The Labute approximate surface area is 212 Å². The number of carbonyl (C=O) groups is 2. The standard InChI is InChI=1S/C24H32ClN3O6S/c1-16(2)26-24(30)17(3)27(14-18-7-9-19(25)10-8-18)23(29)15-28(35(6,31)32)21-13-20(33-4)11-12-22(21)34-5/h7-13,16-17H,14-15H2,1-6H3,(H,26,30)/t17-/m1/s1. The average molecular weight is 526 g/mol. The van der Waals surface area contributed by atoms with Crippen molar-refractivity contribution in [3.63, 3.8) is 0 Å². The third kappa shape index (κ3) is 7.76. The van der Waals surface area contributed by atoms with E-state index in [0.717, 1.165) is 16.1 Å². The molecule has 0 unspecified atom stereocenters. The number of benzene rings is 2. The molecule has 0 heterocycles. The molecular weight excluding hydrogens is 494 g/mol. The number of anilines is 1. The molecular formula is C24H32ClN3O6S. The minimum Gasteiger partial charge on any atom is -0.497 e. The Balaban J connectivity index is 2.47. The van der Waals surface area contributed by atoms with E-state index in [4.69, 9.17) is 21.1 Å². The topological polar surface area (TPSA) is 105 Å². The Kier molecular flexibility index (Phi) is 9.79. The fraction of sp³-hybridized carbons (Fsp3) is 0.417. The highest BCUT2D eigenvalue weighted by Gasteiger charge is 2.31. The van der Waals surface area contributed by atoms with Crippen molar-refractivity contribution in [1.29, 1.82) is 0 Å². The number of ether oxygens (including phenoxy) is 2. The first-order chi connectivity index (χ1) is 16.4. The van der Waals surface area contributed by atoms with Gasteiger partial charge in [-0.3, -0.25) is 13.9 Å². The van der Waals surface area contributed by atoms with E-state index in [1.807, 2.05) is 13.8 Å². The molecule has 0 fully saturated rings. The zero-order valence-corrected chi connectivity index (χ0v) is 22.3. The summed E-state index contributed by atoms with van der Waals surface area (Å²) in [4.78, 5) is 27.7. The zero-order chi connectivity index (χ0) is 26.3. The zero-order valence-electron chi connectivity index (χ0n) is 20.7. The third-order valence-electron chi connectivity index (χ3n) is 5.20. The second-order valence-corrected chi connectivity index (χ2v) is 10.6. The highest BCUT2D eigenvalue weighted by Crippen LogP contribution is 2.34. The number of rotatable bonds is 11. The van der Waals surface area contributed by atoms with Crippen LogP contribution < -0.4 is 19.1 Å². The molecule has 0 radical (unpaired) electrons. The van der Waals surface area contributed by atoms with E-state index in [-0.39, 0.29) is 29.9 Å². The summed E-state index contributed by atoms with van der Waals surface area (Å²) in [6.45, 7) is 4.76. The number of nitrogens with zero attached hydrogens (tertiary/aromatic N) is 2. The van der Waals surface area contributed by atoms with Crippen LogP contribution in [0.5, 0.6) is 11.5 Å². The van der Waals surface area contributed by atoms with Crippen LogP contribution in [0.15, 0.2) is 42.5 Å². The van der Waals surface area contributed by atoms with E-state index in [0.29, 0.717) is 10.8 Å². The summed E-state index contributed by atoms with van der Waals surface area (Å²) in [5.74, 6) is -0.280. The predicted octanol–water partition coefficient (Wildman–Crippen LogP) is 3.07. The smallest absolute Gasteiger partial charge is 0.244 e. The number of carbonyl (C=O) groups excluding carboxylic acids is 2. The van der Waals surface area contributed by atoms with Crippen molar-refractivity contribution in [2.24, 2.45) is 0 Å². The van der Waals surface area contributed by atoms with Crippen molar-refractivity contribution in [3.8, 4) is 11.5 Å².